The van der Waals surface area contributed by atoms with Gasteiger partial charge >= 0.3 is 0 Å². The summed E-state index contributed by atoms with van der Waals surface area (Å²) in [4.78, 5) is 11.0. The zero-order valence-electron chi connectivity index (χ0n) is 13.3. The Balaban J connectivity index is 2.15. The van der Waals surface area contributed by atoms with Crippen molar-refractivity contribution in [3.05, 3.63) is 24.3 Å². The average Bonchev–Trinajstić information content (AvgIpc) is 2.48. The molecule has 4 nitrogen and oxygen atoms in total. The largest absolute Gasteiger partial charge is 0.308 e. The molecular weight excluding hydrogens is 248 g/mol. The van der Waals surface area contributed by atoms with Crippen LogP contribution < -0.4 is 5.32 Å². The third-order valence-electron chi connectivity index (χ3n) is 4.79. The fourth-order valence-corrected chi connectivity index (χ4v) is 3.19. The van der Waals surface area contributed by atoms with E-state index >= 15 is 0 Å². The molecule has 1 saturated heterocycles. The maximum absolute atomic E-state index is 4.39. The number of hydrogen-bond donors (Lipinski definition) is 1. The standard InChI is InChI=1S/C16H28N4/c1-5-16(6-2)11-20(15(9-19-16)13(3)4)10-14-7-8-17-12-18-14/h7-8,12-13,15,19H,5-6,9-11H2,1-4H3. The first-order valence-corrected chi connectivity index (χ1v) is 7.84. The second-order valence-electron chi connectivity index (χ2n) is 6.29. The number of nitrogens with zero attached hydrogens (tertiary/aromatic N) is 3. The van der Waals surface area contributed by atoms with Gasteiger partial charge < -0.3 is 5.32 Å². The molecule has 4 heteroatoms. The number of rotatable bonds is 5. The van der Waals surface area contributed by atoms with Gasteiger partial charge in [-0.2, -0.15) is 0 Å². The van der Waals surface area contributed by atoms with Crippen LogP contribution in [0.4, 0.5) is 0 Å². The molecule has 2 rings (SSSR count). The van der Waals surface area contributed by atoms with Crippen molar-refractivity contribution in [3.8, 4) is 0 Å². The Labute approximate surface area is 123 Å². The molecule has 0 saturated carbocycles. The maximum Gasteiger partial charge on any atom is 0.115 e. The molecule has 2 heterocycles. The molecule has 1 aromatic rings. The minimum Gasteiger partial charge on any atom is -0.308 e. The van der Waals surface area contributed by atoms with Crippen LogP contribution in [0.3, 0.4) is 0 Å². The normalized spacial score (nSPS) is 23.1. The topological polar surface area (TPSA) is 41.1 Å². The lowest BCUT2D eigenvalue weighted by atomic mass is 9.86. The summed E-state index contributed by atoms with van der Waals surface area (Å²) < 4.78 is 0. The number of hydrogen-bond acceptors (Lipinski definition) is 4. The van der Waals surface area contributed by atoms with Crippen molar-refractivity contribution in [2.24, 2.45) is 5.92 Å². The van der Waals surface area contributed by atoms with Crippen molar-refractivity contribution >= 4 is 0 Å². The van der Waals surface area contributed by atoms with Gasteiger partial charge in [-0.3, -0.25) is 4.90 Å². The molecule has 112 valence electrons. The van der Waals surface area contributed by atoms with E-state index in [0.717, 1.165) is 25.3 Å². The minimum absolute atomic E-state index is 0.262. The lowest BCUT2D eigenvalue weighted by Crippen LogP contribution is -2.64. The summed E-state index contributed by atoms with van der Waals surface area (Å²) in [5.74, 6) is 0.649. The van der Waals surface area contributed by atoms with Gasteiger partial charge in [0.1, 0.15) is 6.33 Å². The van der Waals surface area contributed by atoms with Crippen LogP contribution in [-0.4, -0.2) is 39.5 Å². The summed E-state index contributed by atoms with van der Waals surface area (Å²) in [7, 11) is 0. The van der Waals surface area contributed by atoms with Crippen molar-refractivity contribution in [1.82, 2.24) is 20.2 Å². The number of nitrogens with one attached hydrogen (secondary N) is 1. The van der Waals surface area contributed by atoms with Gasteiger partial charge in [0, 0.05) is 37.4 Å². The first kappa shape index (κ1) is 15.4. The van der Waals surface area contributed by atoms with E-state index in [1.54, 1.807) is 6.33 Å². The van der Waals surface area contributed by atoms with Crippen molar-refractivity contribution in [2.45, 2.75) is 58.7 Å². The predicted octanol–water partition coefficient (Wildman–Crippen LogP) is 2.47. The van der Waals surface area contributed by atoms with E-state index in [1.165, 1.54) is 12.8 Å². The molecular formula is C16H28N4. The van der Waals surface area contributed by atoms with Crippen molar-refractivity contribution < 1.29 is 0 Å². The molecule has 1 aromatic heterocycles. The van der Waals surface area contributed by atoms with Crippen LogP contribution in [0.15, 0.2) is 18.6 Å². The summed E-state index contributed by atoms with van der Waals surface area (Å²) in [6, 6.07) is 2.61. The Morgan fingerprint density at radius 1 is 1.40 bits per heavy atom. The Morgan fingerprint density at radius 3 is 2.70 bits per heavy atom. The van der Waals surface area contributed by atoms with Gasteiger partial charge in [0.2, 0.25) is 0 Å². The molecule has 1 aliphatic rings. The Kier molecular flexibility index (Phi) is 5.11. The van der Waals surface area contributed by atoms with Crippen LogP contribution in [-0.2, 0) is 6.54 Å². The van der Waals surface area contributed by atoms with E-state index in [0.29, 0.717) is 12.0 Å². The highest BCUT2D eigenvalue weighted by atomic mass is 15.3. The zero-order chi connectivity index (χ0) is 14.6. The number of aromatic nitrogens is 2. The summed E-state index contributed by atoms with van der Waals surface area (Å²) in [5, 5.41) is 3.80. The van der Waals surface area contributed by atoms with Crippen LogP contribution >= 0.6 is 0 Å². The van der Waals surface area contributed by atoms with E-state index in [4.69, 9.17) is 0 Å². The molecule has 1 aliphatic heterocycles. The molecule has 20 heavy (non-hydrogen) atoms. The van der Waals surface area contributed by atoms with Crippen LogP contribution in [0.25, 0.3) is 0 Å². The highest BCUT2D eigenvalue weighted by Gasteiger charge is 2.37. The van der Waals surface area contributed by atoms with Crippen LogP contribution in [0.1, 0.15) is 46.2 Å². The average molecular weight is 276 g/mol. The number of piperazine rings is 1. The maximum atomic E-state index is 4.39. The lowest BCUT2D eigenvalue weighted by molar-refractivity contribution is 0.0434. The van der Waals surface area contributed by atoms with E-state index in [2.05, 4.69) is 47.9 Å². The molecule has 1 N–H and O–H groups in total. The van der Waals surface area contributed by atoms with E-state index in [9.17, 15) is 0 Å². The molecule has 0 aliphatic carbocycles. The molecule has 0 bridgehead atoms. The SMILES string of the molecule is CCC1(CC)CN(Cc2ccncn2)C(C(C)C)CN1. The quantitative estimate of drug-likeness (QED) is 0.897. The fourth-order valence-electron chi connectivity index (χ4n) is 3.19. The van der Waals surface area contributed by atoms with Gasteiger partial charge in [-0.1, -0.05) is 27.7 Å². The van der Waals surface area contributed by atoms with Crippen molar-refractivity contribution in [3.63, 3.8) is 0 Å². The second-order valence-corrected chi connectivity index (χ2v) is 6.29. The Morgan fingerprint density at radius 2 is 2.15 bits per heavy atom. The van der Waals surface area contributed by atoms with Gasteiger partial charge in [0.05, 0.1) is 5.69 Å². The lowest BCUT2D eigenvalue weighted by Gasteiger charge is -2.48. The van der Waals surface area contributed by atoms with Gasteiger partial charge in [-0.05, 0) is 24.8 Å². The summed E-state index contributed by atoms with van der Waals surface area (Å²) in [6.07, 6.45) is 5.83. The predicted molar refractivity (Wildman–Crippen MR) is 82.4 cm³/mol. The Hall–Kier alpha value is -1.00. The molecule has 0 aromatic carbocycles. The third kappa shape index (κ3) is 3.36. The molecule has 1 unspecified atom stereocenters. The van der Waals surface area contributed by atoms with Gasteiger partial charge in [0.25, 0.3) is 0 Å². The molecule has 1 atom stereocenters. The van der Waals surface area contributed by atoms with Gasteiger partial charge in [-0.25, -0.2) is 9.97 Å². The minimum atomic E-state index is 0.262. The van der Waals surface area contributed by atoms with Crippen LogP contribution in [0.2, 0.25) is 0 Å². The second kappa shape index (κ2) is 6.64. The first-order chi connectivity index (χ1) is 9.60. The summed E-state index contributed by atoms with van der Waals surface area (Å²) >= 11 is 0. The Bertz CT molecular complexity index is 400. The molecule has 0 amide bonds. The van der Waals surface area contributed by atoms with Crippen LogP contribution in [0, 0.1) is 5.92 Å². The fraction of sp³-hybridized carbons (Fsp3) is 0.750. The van der Waals surface area contributed by atoms with E-state index in [1.807, 2.05) is 12.3 Å². The highest BCUT2D eigenvalue weighted by Crippen LogP contribution is 2.26. The van der Waals surface area contributed by atoms with Gasteiger partial charge in [-0.15, -0.1) is 0 Å². The molecule has 1 fully saturated rings. The van der Waals surface area contributed by atoms with Crippen LogP contribution in [0.5, 0.6) is 0 Å². The molecule has 0 spiro atoms. The molecule has 0 radical (unpaired) electrons. The summed E-state index contributed by atoms with van der Waals surface area (Å²) in [6.45, 7) is 12.3. The smallest absolute Gasteiger partial charge is 0.115 e. The van der Waals surface area contributed by atoms with Crippen molar-refractivity contribution in [2.75, 3.05) is 13.1 Å². The monoisotopic (exact) mass is 276 g/mol. The summed E-state index contributed by atoms with van der Waals surface area (Å²) in [5.41, 5.74) is 1.38. The van der Waals surface area contributed by atoms with E-state index in [-0.39, 0.29) is 5.54 Å². The third-order valence-corrected chi connectivity index (χ3v) is 4.79. The highest BCUT2D eigenvalue weighted by molar-refractivity contribution is 5.03. The van der Waals surface area contributed by atoms with Gasteiger partial charge in [0.15, 0.2) is 0 Å². The first-order valence-electron chi connectivity index (χ1n) is 7.84. The van der Waals surface area contributed by atoms with E-state index < -0.39 is 0 Å². The zero-order valence-corrected chi connectivity index (χ0v) is 13.3. The van der Waals surface area contributed by atoms with Crippen molar-refractivity contribution in [1.29, 1.82) is 0 Å².